The van der Waals surface area contributed by atoms with E-state index in [1.165, 1.54) is 0 Å². The van der Waals surface area contributed by atoms with Crippen molar-refractivity contribution in [2.24, 2.45) is 0 Å². The molecule has 0 bridgehead atoms. The van der Waals surface area contributed by atoms with Gasteiger partial charge < -0.3 is 10.1 Å². The predicted molar refractivity (Wildman–Crippen MR) is 91.9 cm³/mol. The topological polar surface area (TPSA) is 68.5 Å². The molecule has 1 saturated carbocycles. The highest BCUT2D eigenvalue weighted by Gasteiger charge is 2.24. The third kappa shape index (κ3) is 3.55. The van der Waals surface area contributed by atoms with Gasteiger partial charge in [-0.3, -0.25) is 4.79 Å². The molecule has 2 aromatic rings. The fraction of sp³-hybridized carbons (Fsp3) is 0.562. The van der Waals surface area contributed by atoms with Crippen LogP contribution < -0.4 is 5.32 Å². The number of ketones is 1. The van der Waals surface area contributed by atoms with Crippen LogP contribution in [0.3, 0.4) is 0 Å². The third-order valence-electron chi connectivity index (χ3n) is 4.25. The Morgan fingerprint density at radius 3 is 2.91 bits per heavy atom. The van der Waals surface area contributed by atoms with E-state index in [4.69, 9.17) is 4.74 Å². The van der Waals surface area contributed by atoms with Gasteiger partial charge in [-0.05, 0) is 41.8 Å². The zero-order chi connectivity index (χ0) is 16.4. The molecule has 23 heavy (non-hydrogen) atoms. The van der Waals surface area contributed by atoms with Crippen molar-refractivity contribution in [3.05, 3.63) is 22.4 Å². The Morgan fingerprint density at radius 1 is 1.48 bits per heavy atom. The van der Waals surface area contributed by atoms with Crippen LogP contribution >= 0.6 is 15.9 Å². The first-order valence-electron chi connectivity index (χ1n) is 7.90. The van der Waals surface area contributed by atoms with Crippen molar-refractivity contribution in [2.75, 3.05) is 19.0 Å². The Hall–Kier alpha value is -1.47. The molecule has 0 amide bonds. The number of hydrogen-bond donors (Lipinski definition) is 1. The van der Waals surface area contributed by atoms with Crippen molar-refractivity contribution in [3.8, 4) is 0 Å². The molecule has 2 heterocycles. The highest BCUT2D eigenvalue weighted by Crippen LogP contribution is 2.34. The van der Waals surface area contributed by atoms with Crippen LogP contribution in [0.25, 0.3) is 5.52 Å². The van der Waals surface area contributed by atoms with E-state index in [0.29, 0.717) is 37.1 Å². The van der Waals surface area contributed by atoms with Crippen LogP contribution in [-0.2, 0) is 9.53 Å². The van der Waals surface area contributed by atoms with E-state index in [2.05, 4.69) is 37.4 Å². The summed E-state index contributed by atoms with van der Waals surface area (Å²) >= 11 is 3.59. The van der Waals surface area contributed by atoms with Gasteiger partial charge in [0.15, 0.2) is 0 Å². The largest absolute Gasteiger partial charge is 0.383 e. The van der Waals surface area contributed by atoms with Crippen molar-refractivity contribution in [1.82, 2.24) is 14.6 Å². The Bertz CT molecular complexity index is 705. The van der Waals surface area contributed by atoms with Gasteiger partial charge in [0, 0.05) is 42.1 Å². The molecule has 1 aliphatic rings. The quantitative estimate of drug-likeness (QED) is 0.862. The Morgan fingerprint density at radius 2 is 2.22 bits per heavy atom. The molecule has 0 aliphatic heterocycles. The Balaban J connectivity index is 1.90. The smallest absolute Gasteiger partial charge is 0.241 e. The fourth-order valence-corrected chi connectivity index (χ4v) is 3.59. The lowest BCUT2D eigenvalue weighted by molar-refractivity contribution is -0.120. The van der Waals surface area contributed by atoms with Crippen molar-refractivity contribution in [1.29, 1.82) is 0 Å². The lowest BCUT2D eigenvalue weighted by Crippen LogP contribution is -2.23. The molecular formula is C16H21BrN4O2. The number of anilines is 1. The van der Waals surface area contributed by atoms with Gasteiger partial charge in [-0.2, -0.15) is 0 Å². The normalized spacial score (nSPS) is 17.6. The standard InChI is InChI=1S/C16H21BrN4O2/c1-10(9-23-2)19-16-18-8-15-13(17)7-14(21(15)20-16)11-3-5-12(22)6-4-11/h7-8,10-11H,3-6,9H2,1-2H3,(H,19,20)/t10-/m0/s1. The van der Waals surface area contributed by atoms with E-state index in [1.807, 2.05) is 17.6 Å². The molecule has 1 atom stereocenters. The molecule has 0 unspecified atom stereocenters. The fourth-order valence-electron chi connectivity index (χ4n) is 3.08. The molecule has 2 aromatic heterocycles. The summed E-state index contributed by atoms with van der Waals surface area (Å²) in [6, 6.07) is 2.24. The van der Waals surface area contributed by atoms with Crippen molar-refractivity contribution < 1.29 is 9.53 Å². The summed E-state index contributed by atoms with van der Waals surface area (Å²) in [6.45, 7) is 2.62. The number of Topliss-reactive ketones (excluding diaryl/α,β-unsaturated/α-hetero) is 1. The zero-order valence-electron chi connectivity index (χ0n) is 13.4. The summed E-state index contributed by atoms with van der Waals surface area (Å²) in [4.78, 5) is 15.9. The van der Waals surface area contributed by atoms with E-state index in [9.17, 15) is 4.79 Å². The maximum Gasteiger partial charge on any atom is 0.241 e. The number of hydrogen-bond acceptors (Lipinski definition) is 5. The predicted octanol–water partition coefficient (Wildman–Crippen LogP) is 3.17. The summed E-state index contributed by atoms with van der Waals surface area (Å²) in [7, 11) is 1.67. The number of nitrogens with one attached hydrogen (secondary N) is 1. The summed E-state index contributed by atoms with van der Waals surface area (Å²) < 4.78 is 8.06. The first kappa shape index (κ1) is 16.4. The number of ether oxygens (including phenoxy) is 1. The summed E-state index contributed by atoms with van der Waals surface area (Å²) in [6.07, 6.45) is 4.93. The number of halogens is 1. The Labute approximate surface area is 143 Å². The van der Waals surface area contributed by atoms with Gasteiger partial charge in [-0.1, -0.05) is 0 Å². The van der Waals surface area contributed by atoms with Gasteiger partial charge in [0.05, 0.1) is 18.3 Å². The van der Waals surface area contributed by atoms with Crippen LogP contribution in [0.2, 0.25) is 0 Å². The lowest BCUT2D eigenvalue weighted by Gasteiger charge is -2.20. The summed E-state index contributed by atoms with van der Waals surface area (Å²) in [5.74, 6) is 1.32. The van der Waals surface area contributed by atoms with E-state index in [-0.39, 0.29) is 6.04 Å². The minimum absolute atomic E-state index is 0.132. The maximum atomic E-state index is 11.5. The molecule has 0 aromatic carbocycles. The minimum Gasteiger partial charge on any atom is -0.383 e. The molecule has 124 valence electrons. The highest BCUT2D eigenvalue weighted by molar-refractivity contribution is 9.10. The molecule has 1 N–H and O–H groups in total. The number of rotatable bonds is 5. The second kappa shape index (κ2) is 6.97. The number of aromatic nitrogens is 3. The van der Waals surface area contributed by atoms with Gasteiger partial charge in [0.2, 0.25) is 5.95 Å². The molecule has 0 spiro atoms. The number of carbonyl (C=O) groups excluding carboxylic acids is 1. The molecular weight excluding hydrogens is 360 g/mol. The highest BCUT2D eigenvalue weighted by atomic mass is 79.9. The van der Waals surface area contributed by atoms with Crippen LogP contribution in [0, 0.1) is 0 Å². The molecule has 6 nitrogen and oxygen atoms in total. The molecule has 3 rings (SSSR count). The second-order valence-electron chi connectivity index (χ2n) is 6.11. The molecule has 1 aliphatic carbocycles. The zero-order valence-corrected chi connectivity index (χ0v) is 15.0. The number of nitrogens with zero attached hydrogens (tertiary/aromatic N) is 3. The van der Waals surface area contributed by atoms with Gasteiger partial charge in [0.1, 0.15) is 5.78 Å². The summed E-state index contributed by atoms with van der Waals surface area (Å²) in [5, 5.41) is 7.88. The SMILES string of the molecule is COC[C@H](C)Nc1ncc2c(Br)cc(C3CCC(=O)CC3)n2n1. The number of fused-ring (bicyclic) bond motifs is 1. The van der Waals surface area contributed by atoms with Crippen LogP contribution in [0.4, 0.5) is 5.95 Å². The first-order valence-corrected chi connectivity index (χ1v) is 8.69. The number of carbonyl (C=O) groups is 1. The first-order chi connectivity index (χ1) is 11.1. The minimum atomic E-state index is 0.132. The molecule has 1 fully saturated rings. The second-order valence-corrected chi connectivity index (χ2v) is 6.96. The molecule has 7 heteroatoms. The van der Waals surface area contributed by atoms with Crippen molar-refractivity contribution >= 4 is 33.2 Å². The third-order valence-corrected chi connectivity index (χ3v) is 4.88. The van der Waals surface area contributed by atoms with Gasteiger partial charge in [-0.25, -0.2) is 9.50 Å². The van der Waals surface area contributed by atoms with Crippen LogP contribution in [0.1, 0.15) is 44.2 Å². The summed E-state index contributed by atoms with van der Waals surface area (Å²) in [5.41, 5.74) is 2.09. The monoisotopic (exact) mass is 380 g/mol. The van der Waals surface area contributed by atoms with E-state index in [1.54, 1.807) is 7.11 Å². The average Bonchev–Trinajstić information content (AvgIpc) is 2.85. The Kier molecular flexibility index (Phi) is 4.96. The number of methoxy groups -OCH3 is 1. The average molecular weight is 381 g/mol. The van der Waals surface area contributed by atoms with Gasteiger partial charge in [-0.15, -0.1) is 5.10 Å². The lowest BCUT2D eigenvalue weighted by atomic mass is 9.86. The van der Waals surface area contributed by atoms with Crippen molar-refractivity contribution in [2.45, 2.75) is 44.6 Å². The van der Waals surface area contributed by atoms with E-state index in [0.717, 1.165) is 28.5 Å². The van der Waals surface area contributed by atoms with Gasteiger partial charge >= 0.3 is 0 Å². The van der Waals surface area contributed by atoms with Crippen LogP contribution in [-0.4, -0.2) is 40.1 Å². The van der Waals surface area contributed by atoms with Crippen LogP contribution in [0.15, 0.2) is 16.7 Å². The molecule has 0 radical (unpaired) electrons. The van der Waals surface area contributed by atoms with Crippen molar-refractivity contribution in [3.63, 3.8) is 0 Å². The van der Waals surface area contributed by atoms with Crippen LogP contribution in [0.5, 0.6) is 0 Å². The van der Waals surface area contributed by atoms with E-state index < -0.39 is 0 Å². The molecule has 0 saturated heterocycles. The van der Waals surface area contributed by atoms with Gasteiger partial charge in [0.25, 0.3) is 0 Å². The van der Waals surface area contributed by atoms with E-state index >= 15 is 0 Å². The maximum absolute atomic E-state index is 11.5.